The van der Waals surface area contributed by atoms with Crippen LogP contribution in [-0.2, 0) is 4.79 Å². The molecule has 1 aliphatic rings. The number of benzene rings is 3. The third-order valence-corrected chi connectivity index (χ3v) is 9.50. The number of hydrogen-bond donors (Lipinski definition) is 2. The molecule has 3 heterocycles. The number of hydrogen-bond acceptors (Lipinski definition) is 11. The Morgan fingerprint density at radius 2 is 1.84 bits per heavy atom. The van der Waals surface area contributed by atoms with Gasteiger partial charge in [0, 0.05) is 35.1 Å². The van der Waals surface area contributed by atoms with Gasteiger partial charge in [-0.15, -0.1) is 0 Å². The van der Waals surface area contributed by atoms with Crippen LogP contribution in [0.1, 0.15) is 29.8 Å². The number of amides is 1. The smallest absolute Gasteiger partial charge is 0.283 e. The highest BCUT2D eigenvalue weighted by molar-refractivity contribution is 7.99. The summed E-state index contributed by atoms with van der Waals surface area (Å²) in [5.41, 5.74) is 1.56. The minimum atomic E-state index is -0.930. The van der Waals surface area contributed by atoms with Crippen molar-refractivity contribution in [2.75, 3.05) is 19.5 Å². The highest BCUT2D eigenvalue weighted by Gasteiger charge is 2.34. The third kappa shape index (κ3) is 6.79. The van der Waals surface area contributed by atoms with Gasteiger partial charge in [-0.05, 0) is 67.6 Å². The number of nitrogens with zero attached hydrogens (tertiary/aromatic N) is 4. The molecule has 0 radical (unpaired) electrons. The van der Waals surface area contributed by atoms with Gasteiger partial charge in [0.1, 0.15) is 17.5 Å². The molecule has 2 aromatic heterocycles. The zero-order valence-electron chi connectivity index (χ0n) is 26.5. The molecule has 0 aliphatic carbocycles. The first kappa shape index (κ1) is 33.1. The Balaban J connectivity index is 1.47. The van der Waals surface area contributed by atoms with Crippen molar-refractivity contribution in [3.05, 3.63) is 141 Å². The largest absolute Gasteiger partial charge is 0.497 e. The van der Waals surface area contributed by atoms with Crippen LogP contribution in [0.3, 0.4) is 0 Å². The normalized spacial score (nSPS) is 14.2. The number of allylic oxidation sites excluding steroid dienone is 1. The minimum absolute atomic E-state index is 0.214. The number of aryl methyl sites for hydroxylation is 1. The molecule has 1 atom stereocenters. The Kier molecular flexibility index (Phi) is 9.29. The lowest BCUT2D eigenvalue weighted by Gasteiger charge is -2.26. The molecule has 15 heteroatoms. The van der Waals surface area contributed by atoms with E-state index in [9.17, 15) is 24.5 Å². The van der Waals surface area contributed by atoms with Gasteiger partial charge in [-0.2, -0.15) is 0 Å². The number of anilines is 1. The van der Waals surface area contributed by atoms with Crippen LogP contribution in [-0.4, -0.2) is 39.6 Å². The van der Waals surface area contributed by atoms with Gasteiger partial charge in [-0.3, -0.25) is 29.1 Å². The number of nitro groups is 1. The van der Waals surface area contributed by atoms with Gasteiger partial charge in [-0.25, -0.2) is 9.98 Å². The highest BCUT2D eigenvalue weighted by atomic mass is 32.2. The molecule has 0 bridgehead atoms. The summed E-state index contributed by atoms with van der Waals surface area (Å²) < 4.78 is 12.8. The minimum Gasteiger partial charge on any atom is -0.497 e. The molecule has 3 aromatic carbocycles. The lowest BCUT2D eigenvalue weighted by molar-refractivity contribution is -0.387. The van der Waals surface area contributed by atoms with E-state index in [4.69, 9.17) is 9.47 Å². The second-order valence-electron chi connectivity index (χ2n) is 10.8. The van der Waals surface area contributed by atoms with Crippen LogP contribution < -0.4 is 35.2 Å². The van der Waals surface area contributed by atoms with Crippen LogP contribution in [0.5, 0.6) is 11.5 Å². The molecule has 0 unspecified atom stereocenters. The molecule has 13 nitrogen and oxygen atoms in total. The average molecular weight is 697 g/mol. The summed E-state index contributed by atoms with van der Waals surface area (Å²) in [5, 5.41) is 15.2. The third-order valence-electron chi connectivity index (χ3n) is 7.57. The summed E-state index contributed by atoms with van der Waals surface area (Å²) in [6.07, 6.45) is 1.55. The Hall–Kier alpha value is -5.80. The number of thiazole rings is 1. The van der Waals surface area contributed by atoms with Crippen molar-refractivity contribution in [2.45, 2.75) is 29.9 Å². The number of aromatic amines is 1. The maximum Gasteiger partial charge on any atom is 0.283 e. The number of para-hydroxylation sites is 1. The Labute approximate surface area is 286 Å². The van der Waals surface area contributed by atoms with E-state index in [0.29, 0.717) is 44.5 Å². The predicted molar refractivity (Wildman–Crippen MR) is 185 cm³/mol. The maximum atomic E-state index is 14.2. The lowest BCUT2D eigenvalue weighted by atomic mass is 9.94. The van der Waals surface area contributed by atoms with Gasteiger partial charge < -0.3 is 19.8 Å². The van der Waals surface area contributed by atoms with E-state index in [0.717, 1.165) is 23.1 Å². The van der Waals surface area contributed by atoms with Crippen molar-refractivity contribution in [3.63, 3.8) is 0 Å². The standard InChI is InChI=1S/C34H28N6O7S2/c1-18-14-28(41)38-33(35-18)48-26-13-10-20(15-24(26)40(44)45)16-27-32(43)39-30(23-12-11-22(46-3)17-25(23)47-4)29(19(2)36-34(39)49-27)31(42)37-21-8-6-5-7-9-21/h5-17,30H,1-4H3,(H,37,42)(H,35,38,41)/b27-16+/t30-/m0/s1. The molecule has 0 saturated heterocycles. The van der Waals surface area contributed by atoms with Crippen molar-refractivity contribution in [3.8, 4) is 11.5 Å². The van der Waals surface area contributed by atoms with E-state index in [-0.39, 0.29) is 31.4 Å². The first-order valence-corrected chi connectivity index (χ1v) is 16.3. The predicted octanol–water partition coefficient (Wildman–Crippen LogP) is 4.34. The molecule has 49 heavy (non-hydrogen) atoms. The molecular formula is C34H28N6O7S2. The summed E-state index contributed by atoms with van der Waals surface area (Å²) >= 11 is 2.05. The van der Waals surface area contributed by atoms with Gasteiger partial charge in [0.25, 0.3) is 22.7 Å². The van der Waals surface area contributed by atoms with Gasteiger partial charge >= 0.3 is 0 Å². The fourth-order valence-corrected chi connectivity index (χ4v) is 7.35. The molecule has 1 amide bonds. The molecule has 0 saturated carbocycles. The van der Waals surface area contributed by atoms with Crippen LogP contribution in [0.2, 0.25) is 0 Å². The number of nitro benzene ring substituents is 1. The van der Waals surface area contributed by atoms with Crippen LogP contribution in [0.4, 0.5) is 11.4 Å². The van der Waals surface area contributed by atoms with E-state index in [2.05, 4.69) is 20.3 Å². The number of H-pyrrole nitrogens is 1. The molecule has 5 aromatic rings. The molecule has 0 fully saturated rings. The highest BCUT2D eigenvalue weighted by Crippen LogP contribution is 2.38. The van der Waals surface area contributed by atoms with Crippen LogP contribution in [0.15, 0.2) is 109 Å². The van der Waals surface area contributed by atoms with Crippen LogP contribution in [0.25, 0.3) is 6.08 Å². The molecular weight excluding hydrogens is 669 g/mol. The maximum absolute atomic E-state index is 14.2. The van der Waals surface area contributed by atoms with Crippen LogP contribution in [0, 0.1) is 17.0 Å². The van der Waals surface area contributed by atoms with Gasteiger partial charge in [-0.1, -0.05) is 35.6 Å². The van der Waals surface area contributed by atoms with Gasteiger partial charge in [0.15, 0.2) is 9.96 Å². The zero-order chi connectivity index (χ0) is 34.8. The van der Waals surface area contributed by atoms with E-state index in [1.165, 1.54) is 37.0 Å². The van der Waals surface area contributed by atoms with Gasteiger partial charge in [0.2, 0.25) is 0 Å². The topological polar surface area (TPSA) is 171 Å². The van der Waals surface area contributed by atoms with Crippen molar-refractivity contribution in [1.82, 2.24) is 14.5 Å². The van der Waals surface area contributed by atoms with Crippen LogP contribution >= 0.6 is 23.1 Å². The monoisotopic (exact) mass is 696 g/mol. The lowest BCUT2D eigenvalue weighted by Crippen LogP contribution is -2.40. The number of carbonyl (C=O) groups excluding carboxylic acids is 1. The van der Waals surface area contributed by atoms with Crippen molar-refractivity contribution < 1.29 is 19.2 Å². The van der Waals surface area contributed by atoms with E-state index >= 15 is 0 Å². The summed E-state index contributed by atoms with van der Waals surface area (Å²) in [7, 11) is 3.01. The number of fused-ring (bicyclic) bond motifs is 1. The quantitative estimate of drug-likeness (QED) is 0.129. The first-order chi connectivity index (χ1) is 23.6. The number of ether oxygens (including phenoxy) is 2. The number of methoxy groups -OCH3 is 2. The first-order valence-electron chi connectivity index (χ1n) is 14.7. The molecule has 0 spiro atoms. The summed E-state index contributed by atoms with van der Waals surface area (Å²) in [5.74, 6) is 0.473. The zero-order valence-corrected chi connectivity index (χ0v) is 28.2. The molecule has 1 aliphatic heterocycles. The Bertz CT molecular complexity index is 2400. The van der Waals surface area contributed by atoms with E-state index in [1.54, 1.807) is 68.5 Å². The van der Waals surface area contributed by atoms with Crippen molar-refractivity contribution >= 4 is 46.5 Å². The van der Waals surface area contributed by atoms with Gasteiger partial charge in [0.05, 0.1) is 39.8 Å². The van der Waals surface area contributed by atoms with E-state index in [1.807, 2.05) is 6.07 Å². The van der Waals surface area contributed by atoms with Crippen molar-refractivity contribution in [2.24, 2.45) is 4.99 Å². The Morgan fingerprint density at radius 1 is 1.06 bits per heavy atom. The van der Waals surface area contributed by atoms with Crippen molar-refractivity contribution in [1.29, 1.82) is 0 Å². The summed E-state index contributed by atoms with van der Waals surface area (Å²) in [6.45, 7) is 3.36. The van der Waals surface area contributed by atoms with E-state index < -0.39 is 22.4 Å². The number of aromatic nitrogens is 3. The number of nitrogens with one attached hydrogen (secondary N) is 2. The second-order valence-corrected chi connectivity index (χ2v) is 12.8. The number of carbonyl (C=O) groups is 1. The molecule has 248 valence electrons. The molecule has 2 N–H and O–H groups in total. The second kappa shape index (κ2) is 13.7. The average Bonchev–Trinajstić information content (AvgIpc) is 3.37. The number of rotatable bonds is 9. The summed E-state index contributed by atoms with van der Waals surface area (Å²) in [4.78, 5) is 63.7. The Morgan fingerprint density at radius 3 is 2.53 bits per heavy atom. The fourth-order valence-electron chi connectivity index (χ4n) is 5.38. The SMILES string of the molecule is COc1ccc([C@H]2C(C(=O)Nc3ccccc3)=C(C)N=c3s/c(=C/c4ccc(Sc5nc(C)cc(=O)[nH]5)c([N+](=O)[O-])c4)c(=O)n32)c(OC)c1. The summed E-state index contributed by atoms with van der Waals surface area (Å²) in [6, 6.07) is 19.0. The fraction of sp³-hybridized carbons (Fsp3) is 0.147. The molecule has 6 rings (SSSR count).